The molecule has 0 bridgehead atoms. The largest absolute Gasteiger partial charge is 0.326 e. The monoisotopic (exact) mass is 471 g/mol. The topological polar surface area (TPSA) is 60.9 Å². The van der Waals surface area contributed by atoms with Gasteiger partial charge in [-0.1, -0.05) is 43.0 Å². The smallest absolute Gasteiger partial charge is 0.254 e. The van der Waals surface area contributed by atoms with Crippen LogP contribution in [0.15, 0.2) is 42.5 Å². The second kappa shape index (κ2) is 9.91. The van der Waals surface area contributed by atoms with Crippen molar-refractivity contribution in [1.29, 1.82) is 0 Å². The predicted molar refractivity (Wildman–Crippen MR) is 125 cm³/mol. The number of halogens is 2. The highest BCUT2D eigenvalue weighted by atomic mass is 35.5. The third kappa shape index (κ3) is 5.03. The molecule has 6 nitrogen and oxygen atoms in total. The van der Waals surface area contributed by atoms with E-state index in [1.54, 1.807) is 34.1 Å². The zero-order valence-electron chi connectivity index (χ0n) is 18.6. The number of benzene rings is 2. The Morgan fingerprint density at radius 3 is 2.58 bits per heavy atom. The highest BCUT2D eigenvalue weighted by molar-refractivity contribution is 6.31. The van der Waals surface area contributed by atoms with E-state index in [1.165, 1.54) is 23.1 Å². The van der Waals surface area contributed by atoms with E-state index >= 15 is 0 Å². The predicted octanol–water partition coefficient (Wildman–Crippen LogP) is 4.40. The van der Waals surface area contributed by atoms with Crippen LogP contribution in [0.1, 0.15) is 48.0 Å². The average molecular weight is 472 g/mol. The normalized spacial score (nSPS) is 16.9. The van der Waals surface area contributed by atoms with Crippen LogP contribution in [0.2, 0.25) is 5.02 Å². The van der Waals surface area contributed by atoms with E-state index in [4.69, 9.17) is 11.6 Å². The van der Waals surface area contributed by atoms with E-state index in [1.807, 2.05) is 6.92 Å². The summed E-state index contributed by atoms with van der Waals surface area (Å²) in [6.07, 6.45) is 4.68. The Hall–Kier alpha value is -2.93. The van der Waals surface area contributed by atoms with Crippen LogP contribution in [-0.2, 0) is 9.59 Å². The molecule has 0 N–H and O–H groups in total. The van der Waals surface area contributed by atoms with Crippen molar-refractivity contribution in [3.63, 3.8) is 0 Å². The van der Waals surface area contributed by atoms with Gasteiger partial charge in [0.25, 0.3) is 5.91 Å². The molecular weight excluding hydrogens is 445 g/mol. The maximum Gasteiger partial charge on any atom is 0.254 e. The van der Waals surface area contributed by atoms with Crippen molar-refractivity contribution in [2.24, 2.45) is 0 Å². The summed E-state index contributed by atoms with van der Waals surface area (Å²) < 4.78 is 13.8. The van der Waals surface area contributed by atoms with E-state index in [9.17, 15) is 18.8 Å². The molecule has 8 heteroatoms. The molecule has 1 saturated heterocycles. The molecule has 1 heterocycles. The number of anilines is 1. The maximum absolute atomic E-state index is 13.8. The Balaban J connectivity index is 1.52. The Labute approximate surface area is 197 Å². The molecule has 1 saturated carbocycles. The van der Waals surface area contributed by atoms with E-state index < -0.39 is 5.82 Å². The van der Waals surface area contributed by atoms with Crippen molar-refractivity contribution in [3.05, 3.63) is 64.4 Å². The molecular formula is C25H27ClFN3O3. The maximum atomic E-state index is 13.8. The molecule has 2 aliphatic rings. The molecule has 0 spiro atoms. The zero-order valence-corrected chi connectivity index (χ0v) is 19.4. The summed E-state index contributed by atoms with van der Waals surface area (Å²) in [5, 5.41) is 0.550. The molecule has 0 unspecified atom stereocenters. The number of rotatable bonds is 5. The van der Waals surface area contributed by atoms with Gasteiger partial charge in [0.05, 0.1) is 0 Å². The van der Waals surface area contributed by atoms with Gasteiger partial charge in [-0.15, -0.1) is 0 Å². The van der Waals surface area contributed by atoms with Gasteiger partial charge in [0.1, 0.15) is 25.6 Å². The first kappa shape index (κ1) is 23.2. The molecule has 2 fully saturated rings. The van der Waals surface area contributed by atoms with Gasteiger partial charge in [0.2, 0.25) is 11.8 Å². The van der Waals surface area contributed by atoms with Crippen LogP contribution in [0, 0.1) is 12.7 Å². The van der Waals surface area contributed by atoms with Crippen LogP contribution >= 0.6 is 11.6 Å². The first-order chi connectivity index (χ1) is 15.8. The van der Waals surface area contributed by atoms with Crippen molar-refractivity contribution >= 4 is 35.0 Å². The number of nitrogens with zero attached hydrogens (tertiary/aromatic N) is 3. The van der Waals surface area contributed by atoms with Gasteiger partial charge < -0.3 is 9.80 Å². The molecule has 0 radical (unpaired) electrons. The fraction of sp³-hybridized carbons (Fsp3) is 0.400. The Morgan fingerprint density at radius 1 is 1.12 bits per heavy atom. The third-order valence-electron chi connectivity index (χ3n) is 6.48. The van der Waals surface area contributed by atoms with Gasteiger partial charge in [-0.25, -0.2) is 4.39 Å². The number of amides is 3. The Bertz CT molecular complexity index is 1070. The fourth-order valence-electron chi connectivity index (χ4n) is 4.61. The van der Waals surface area contributed by atoms with E-state index in [0.717, 1.165) is 37.7 Å². The number of hydrogen-bond donors (Lipinski definition) is 0. The molecule has 0 atom stereocenters. The SMILES string of the molecule is Cc1c(Cl)cccc1N1CN(C(=O)CN(C(=O)c2cccc(F)c2)C2CCCCC2)CC1=O. The first-order valence-corrected chi connectivity index (χ1v) is 11.6. The molecule has 4 rings (SSSR count). The summed E-state index contributed by atoms with van der Waals surface area (Å²) in [7, 11) is 0. The fourth-order valence-corrected chi connectivity index (χ4v) is 4.78. The molecule has 3 amide bonds. The first-order valence-electron chi connectivity index (χ1n) is 11.2. The van der Waals surface area contributed by atoms with Crippen molar-refractivity contribution in [2.75, 3.05) is 24.7 Å². The van der Waals surface area contributed by atoms with Gasteiger partial charge in [-0.05, 0) is 55.7 Å². The zero-order chi connectivity index (χ0) is 23.5. The van der Waals surface area contributed by atoms with Crippen LogP contribution in [0.3, 0.4) is 0 Å². The van der Waals surface area contributed by atoms with Crippen LogP contribution in [0.5, 0.6) is 0 Å². The number of carbonyl (C=O) groups excluding carboxylic acids is 3. The number of carbonyl (C=O) groups is 3. The average Bonchev–Trinajstić information content (AvgIpc) is 3.20. The summed E-state index contributed by atoms with van der Waals surface area (Å²) in [6.45, 7) is 1.73. The minimum Gasteiger partial charge on any atom is -0.326 e. The molecule has 174 valence electrons. The van der Waals surface area contributed by atoms with E-state index in [0.29, 0.717) is 10.7 Å². The van der Waals surface area contributed by atoms with Gasteiger partial charge in [0, 0.05) is 22.3 Å². The summed E-state index contributed by atoms with van der Waals surface area (Å²) in [5.41, 5.74) is 1.66. The van der Waals surface area contributed by atoms with E-state index in [2.05, 4.69) is 0 Å². The van der Waals surface area contributed by atoms with Gasteiger partial charge in [0.15, 0.2) is 0 Å². The van der Waals surface area contributed by atoms with Crippen LogP contribution in [0.4, 0.5) is 10.1 Å². The van der Waals surface area contributed by atoms with Crippen LogP contribution in [-0.4, -0.2) is 53.3 Å². The lowest BCUT2D eigenvalue weighted by atomic mass is 9.93. The Morgan fingerprint density at radius 2 is 1.85 bits per heavy atom. The van der Waals surface area contributed by atoms with Crippen molar-refractivity contribution in [1.82, 2.24) is 9.80 Å². The lowest BCUT2D eigenvalue weighted by molar-refractivity contribution is -0.132. The third-order valence-corrected chi connectivity index (χ3v) is 6.88. The lowest BCUT2D eigenvalue weighted by Gasteiger charge is -2.35. The van der Waals surface area contributed by atoms with Crippen molar-refractivity contribution < 1.29 is 18.8 Å². The highest BCUT2D eigenvalue weighted by Crippen LogP contribution is 2.29. The summed E-state index contributed by atoms with van der Waals surface area (Å²) in [6, 6.07) is 10.8. The highest BCUT2D eigenvalue weighted by Gasteiger charge is 2.35. The summed E-state index contributed by atoms with van der Waals surface area (Å²) in [5.74, 6) is -1.36. The molecule has 33 heavy (non-hydrogen) atoms. The second-order valence-corrected chi connectivity index (χ2v) is 9.08. The standard InChI is InChI=1S/C25H27ClFN3O3/c1-17-21(26)11-6-12-22(17)30-16-28(14-24(30)32)23(31)15-29(20-9-3-2-4-10-20)25(33)18-7-5-8-19(27)13-18/h5-8,11-13,20H,2-4,9-10,14-16H2,1H3. The van der Waals surface area contributed by atoms with Gasteiger partial charge in [-0.2, -0.15) is 0 Å². The van der Waals surface area contributed by atoms with Crippen LogP contribution in [0.25, 0.3) is 0 Å². The Kier molecular flexibility index (Phi) is 6.98. The van der Waals surface area contributed by atoms with Gasteiger partial charge in [-0.3, -0.25) is 19.3 Å². The number of hydrogen-bond acceptors (Lipinski definition) is 3. The summed E-state index contributed by atoms with van der Waals surface area (Å²) >= 11 is 6.21. The summed E-state index contributed by atoms with van der Waals surface area (Å²) in [4.78, 5) is 43.8. The lowest BCUT2D eigenvalue weighted by Crippen LogP contribution is -2.48. The minimum atomic E-state index is -0.492. The quantitative estimate of drug-likeness (QED) is 0.649. The van der Waals surface area contributed by atoms with Gasteiger partial charge >= 0.3 is 0 Å². The second-order valence-electron chi connectivity index (χ2n) is 8.67. The van der Waals surface area contributed by atoms with Crippen molar-refractivity contribution in [3.8, 4) is 0 Å². The molecule has 1 aliphatic heterocycles. The van der Waals surface area contributed by atoms with E-state index in [-0.39, 0.29) is 49.1 Å². The van der Waals surface area contributed by atoms with Crippen molar-refractivity contribution in [2.45, 2.75) is 45.1 Å². The van der Waals surface area contributed by atoms with Crippen LogP contribution < -0.4 is 4.90 Å². The molecule has 2 aromatic rings. The molecule has 1 aliphatic carbocycles. The molecule has 2 aromatic carbocycles. The molecule has 0 aromatic heterocycles. The minimum absolute atomic E-state index is 0.0581.